The molecule has 156 valence electrons. The lowest BCUT2D eigenvalue weighted by Crippen LogP contribution is -2.32. The lowest BCUT2D eigenvalue weighted by atomic mass is 10.1. The monoisotopic (exact) mass is 408 g/mol. The van der Waals surface area contributed by atoms with Crippen LogP contribution < -0.4 is 4.89 Å². The molecule has 0 aromatic heterocycles. The molecule has 0 radical (unpaired) electrons. The van der Waals surface area contributed by atoms with E-state index >= 15 is 0 Å². The number of rotatable bonds is 13. The van der Waals surface area contributed by atoms with Gasteiger partial charge in [-0.25, -0.2) is 0 Å². The Hall–Kier alpha value is -1.49. The minimum Gasteiger partial charge on any atom is -0.778 e. The molecule has 2 rings (SSSR count). The van der Waals surface area contributed by atoms with Crippen molar-refractivity contribution < 1.29 is 23.6 Å². The summed E-state index contributed by atoms with van der Waals surface area (Å²) in [6, 6.07) is 6.70. The second-order valence-electron chi connectivity index (χ2n) is 7.47. The van der Waals surface area contributed by atoms with Crippen LogP contribution in [0.5, 0.6) is 0 Å². The Kier molecular flexibility index (Phi) is 8.87. The predicted octanol–water partition coefficient (Wildman–Crippen LogP) is 4.38. The van der Waals surface area contributed by atoms with E-state index in [4.69, 9.17) is 4.52 Å². The van der Waals surface area contributed by atoms with Crippen LogP contribution in [0.2, 0.25) is 0 Å². The standard InChI is InChI=1S/C21H32NO5P/c1-3-4-5-6-7-8-11-16-28(25,26)27-17(2)14-15-22-20(23)18-12-9-10-13-19(18)21(22)24/h9-10,12-13,17H,3-8,11,14-16H2,1-2H3,(H,25,26)/p-1. The number of carbonyl (C=O) groups is 2. The highest BCUT2D eigenvalue weighted by Gasteiger charge is 2.35. The summed E-state index contributed by atoms with van der Waals surface area (Å²) in [5.74, 6) is -0.664. The van der Waals surface area contributed by atoms with Crippen molar-refractivity contribution in [2.24, 2.45) is 0 Å². The van der Waals surface area contributed by atoms with Crippen molar-refractivity contribution in [2.75, 3.05) is 12.7 Å². The maximum absolute atomic E-state index is 12.3. The molecule has 0 saturated heterocycles. The van der Waals surface area contributed by atoms with E-state index in [9.17, 15) is 19.0 Å². The molecule has 0 aliphatic carbocycles. The van der Waals surface area contributed by atoms with Gasteiger partial charge in [-0.1, -0.05) is 57.6 Å². The van der Waals surface area contributed by atoms with Gasteiger partial charge in [0.1, 0.15) is 7.60 Å². The molecule has 1 aromatic rings. The van der Waals surface area contributed by atoms with Crippen molar-refractivity contribution in [3.05, 3.63) is 35.4 Å². The second-order valence-corrected chi connectivity index (χ2v) is 9.35. The minimum atomic E-state index is -3.90. The number of amides is 2. The van der Waals surface area contributed by atoms with Gasteiger partial charge in [-0.15, -0.1) is 0 Å². The first-order chi connectivity index (χ1) is 13.4. The molecule has 0 bridgehead atoms. The summed E-state index contributed by atoms with van der Waals surface area (Å²) in [4.78, 5) is 37.9. The summed E-state index contributed by atoms with van der Waals surface area (Å²) in [6.07, 6.45) is 7.09. The van der Waals surface area contributed by atoms with E-state index in [0.29, 0.717) is 17.5 Å². The smallest absolute Gasteiger partial charge is 0.261 e. The SMILES string of the molecule is CCCCCCCCCP(=O)([O-])OC(C)CCN1C(=O)c2ccccc2C1=O. The quantitative estimate of drug-likeness (QED) is 0.275. The van der Waals surface area contributed by atoms with E-state index in [1.165, 1.54) is 19.3 Å². The summed E-state index contributed by atoms with van der Waals surface area (Å²) in [6.45, 7) is 3.97. The Bertz CT molecular complexity index is 686. The van der Waals surface area contributed by atoms with Gasteiger partial charge in [-0.3, -0.25) is 14.5 Å². The van der Waals surface area contributed by atoms with Gasteiger partial charge >= 0.3 is 0 Å². The van der Waals surface area contributed by atoms with Gasteiger partial charge in [0, 0.05) is 12.7 Å². The van der Waals surface area contributed by atoms with E-state index < -0.39 is 13.7 Å². The zero-order valence-corrected chi connectivity index (χ0v) is 17.8. The van der Waals surface area contributed by atoms with Crippen molar-refractivity contribution in [3.8, 4) is 0 Å². The fraction of sp³-hybridized carbons (Fsp3) is 0.619. The van der Waals surface area contributed by atoms with Crippen LogP contribution in [0, 0.1) is 0 Å². The third-order valence-corrected chi connectivity index (χ3v) is 6.56. The molecule has 1 aromatic carbocycles. The maximum Gasteiger partial charge on any atom is 0.261 e. The van der Waals surface area contributed by atoms with Gasteiger partial charge in [-0.05, 0) is 31.9 Å². The number of imide groups is 1. The lowest BCUT2D eigenvalue weighted by molar-refractivity contribution is -0.202. The molecule has 0 saturated carbocycles. The number of carbonyl (C=O) groups excluding carboxylic acids is 2. The fourth-order valence-corrected chi connectivity index (χ4v) is 4.77. The number of hydrogen-bond donors (Lipinski definition) is 0. The van der Waals surface area contributed by atoms with Crippen molar-refractivity contribution in [1.29, 1.82) is 0 Å². The van der Waals surface area contributed by atoms with Crippen LogP contribution in [0.4, 0.5) is 0 Å². The van der Waals surface area contributed by atoms with Gasteiger partial charge in [-0.2, -0.15) is 0 Å². The number of unbranched alkanes of at least 4 members (excludes halogenated alkanes) is 6. The van der Waals surface area contributed by atoms with Gasteiger partial charge in [0.25, 0.3) is 11.8 Å². The Morgan fingerprint density at radius 1 is 1.00 bits per heavy atom. The summed E-state index contributed by atoms with van der Waals surface area (Å²) < 4.78 is 17.4. The second kappa shape index (κ2) is 10.9. The highest BCUT2D eigenvalue weighted by Crippen LogP contribution is 2.40. The third kappa shape index (κ3) is 6.54. The van der Waals surface area contributed by atoms with Crippen LogP contribution in [0.3, 0.4) is 0 Å². The van der Waals surface area contributed by atoms with E-state index in [-0.39, 0.29) is 30.9 Å². The topological polar surface area (TPSA) is 86.7 Å². The van der Waals surface area contributed by atoms with E-state index in [2.05, 4.69) is 6.92 Å². The van der Waals surface area contributed by atoms with E-state index in [1.54, 1.807) is 31.2 Å². The Balaban J connectivity index is 1.70. The molecular weight excluding hydrogens is 377 g/mol. The fourth-order valence-electron chi connectivity index (χ4n) is 3.40. The highest BCUT2D eigenvalue weighted by molar-refractivity contribution is 7.51. The Morgan fingerprint density at radius 2 is 1.54 bits per heavy atom. The molecule has 1 aliphatic rings. The number of benzene rings is 1. The summed E-state index contributed by atoms with van der Waals surface area (Å²) in [7, 11) is -3.90. The molecule has 0 N–H and O–H groups in total. The molecule has 2 unspecified atom stereocenters. The van der Waals surface area contributed by atoms with Crippen LogP contribution in [-0.2, 0) is 9.09 Å². The average Bonchev–Trinajstić information content (AvgIpc) is 2.90. The highest BCUT2D eigenvalue weighted by atomic mass is 31.2. The molecule has 7 heteroatoms. The molecule has 1 aliphatic heterocycles. The molecule has 2 amide bonds. The number of nitrogens with zero attached hydrogens (tertiary/aromatic N) is 1. The molecule has 0 fully saturated rings. The van der Waals surface area contributed by atoms with Crippen LogP contribution in [0.25, 0.3) is 0 Å². The first-order valence-electron chi connectivity index (χ1n) is 10.3. The average molecular weight is 408 g/mol. The van der Waals surface area contributed by atoms with Gasteiger partial charge in [0.2, 0.25) is 0 Å². The molecule has 0 spiro atoms. The first kappa shape index (κ1) is 22.8. The molecule has 6 nitrogen and oxygen atoms in total. The summed E-state index contributed by atoms with van der Waals surface area (Å²) in [5, 5.41) is 0. The van der Waals surface area contributed by atoms with Crippen LogP contribution in [0.1, 0.15) is 85.9 Å². The van der Waals surface area contributed by atoms with Crippen LogP contribution >= 0.6 is 7.60 Å². The zero-order chi connectivity index (χ0) is 20.6. The van der Waals surface area contributed by atoms with Crippen LogP contribution in [0.15, 0.2) is 24.3 Å². The zero-order valence-electron chi connectivity index (χ0n) is 16.9. The first-order valence-corrected chi connectivity index (χ1v) is 12.0. The molecule has 1 heterocycles. The minimum absolute atomic E-state index is 0.0398. The third-order valence-electron chi connectivity index (χ3n) is 5.01. The van der Waals surface area contributed by atoms with Crippen molar-refractivity contribution in [3.63, 3.8) is 0 Å². The van der Waals surface area contributed by atoms with E-state index in [1.807, 2.05) is 0 Å². The van der Waals surface area contributed by atoms with Gasteiger partial charge < -0.3 is 14.0 Å². The Morgan fingerprint density at radius 3 is 2.11 bits per heavy atom. The van der Waals surface area contributed by atoms with Gasteiger partial charge in [0.05, 0.1) is 17.2 Å². The molecular formula is C21H31NO5P-. The largest absolute Gasteiger partial charge is 0.778 e. The lowest BCUT2D eigenvalue weighted by Gasteiger charge is -2.28. The van der Waals surface area contributed by atoms with E-state index in [0.717, 1.165) is 24.2 Å². The Labute approximate surface area is 167 Å². The predicted molar refractivity (Wildman–Crippen MR) is 107 cm³/mol. The number of fused-ring (bicyclic) bond motifs is 1. The van der Waals surface area contributed by atoms with Crippen molar-refractivity contribution in [2.45, 2.75) is 71.3 Å². The number of hydrogen-bond acceptors (Lipinski definition) is 5. The van der Waals surface area contributed by atoms with Crippen molar-refractivity contribution >= 4 is 19.4 Å². The van der Waals surface area contributed by atoms with Crippen molar-refractivity contribution in [1.82, 2.24) is 4.90 Å². The maximum atomic E-state index is 12.3. The normalized spacial score (nSPS) is 16.9. The molecule has 2 atom stereocenters. The van der Waals surface area contributed by atoms with Crippen LogP contribution in [-0.4, -0.2) is 35.5 Å². The summed E-state index contributed by atoms with van der Waals surface area (Å²) in [5.41, 5.74) is 0.795. The molecule has 28 heavy (non-hydrogen) atoms. The van der Waals surface area contributed by atoms with Gasteiger partial charge in [0.15, 0.2) is 0 Å². The summed E-state index contributed by atoms with van der Waals surface area (Å²) >= 11 is 0.